The van der Waals surface area contributed by atoms with Gasteiger partial charge in [-0.2, -0.15) is 0 Å². The summed E-state index contributed by atoms with van der Waals surface area (Å²) in [6.45, 7) is 0. The zero-order valence-corrected chi connectivity index (χ0v) is 14.3. The minimum absolute atomic E-state index is 0.344. The summed E-state index contributed by atoms with van der Waals surface area (Å²) in [6.07, 6.45) is 0. The minimum Gasteiger partial charge on any atom is -0.493 e. The number of halogens is 1. The van der Waals surface area contributed by atoms with Gasteiger partial charge in [0.05, 0.1) is 24.4 Å². The van der Waals surface area contributed by atoms with Crippen LogP contribution in [0.1, 0.15) is 5.56 Å². The molecule has 0 fully saturated rings. The zero-order valence-electron chi connectivity index (χ0n) is 11.9. The smallest absolute Gasteiger partial charge is 0.318 e. The maximum atomic E-state index is 12.0. The van der Waals surface area contributed by atoms with E-state index < -0.39 is 33.3 Å². The molecule has 10 heteroatoms. The lowest BCUT2D eigenvalue weighted by atomic mass is 10.2. The van der Waals surface area contributed by atoms with E-state index in [9.17, 15) is 18.0 Å². The van der Waals surface area contributed by atoms with Gasteiger partial charge in [0.25, 0.3) is 0 Å². The average Bonchev–Trinajstić information content (AvgIpc) is 2.38. The highest BCUT2D eigenvalue weighted by atomic mass is 79.9. The highest BCUT2D eigenvalue weighted by molar-refractivity contribution is 9.10. The van der Waals surface area contributed by atoms with Crippen molar-refractivity contribution >= 4 is 37.7 Å². The lowest BCUT2D eigenvalue weighted by molar-refractivity contribution is -0.117. The van der Waals surface area contributed by atoms with Crippen molar-refractivity contribution in [1.29, 1.82) is 0 Å². The first-order chi connectivity index (χ1) is 10.2. The number of ether oxygens (including phenoxy) is 2. The van der Waals surface area contributed by atoms with Gasteiger partial charge < -0.3 is 15.2 Å². The fraction of sp³-hybridized carbons (Fsp3) is 0.333. The van der Waals surface area contributed by atoms with Crippen molar-refractivity contribution in [2.45, 2.75) is 5.75 Å². The molecule has 0 saturated heterocycles. The van der Waals surface area contributed by atoms with Crippen LogP contribution in [0.4, 0.5) is 4.79 Å². The lowest BCUT2D eigenvalue weighted by Crippen LogP contribution is -2.38. The number of nitrogens with one attached hydrogen (secondary N) is 1. The number of benzene rings is 1. The van der Waals surface area contributed by atoms with Gasteiger partial charge in [-0.25, -0.2) is 13.2 Å². The number of sulfone groups is 1. The van der Waals surface area contributed by atoms with Crippen molar-refractivity contribution in [2.75, 3.05) is 20.0 Å². The Balaban J connectivity index is 2.99. The summed E-state index contributed by atoms with van der Waals surface area (Å²) in [5, 5.41) is 1.70. The molecule has 0 saturated carbocycles. The molecule has 1 rings (SSSR count). The number of nitrogens with two attached hydrogens (primary N) is 1. The van der Waals surface area contributed by atoms with E-state index in [1.807, 2.05) is 0 Å². The van der Waals surface area contributed by atoms with Crippen LogP contribution >= 0.6 is 15.9 Å². The number of primary amides is 1. The molecular formula is C12H15BrN2O6S. The first-order valence-corrected chi connectivity index (χ1v) is 8.50. The van der Waals surface area contributed by atoms with Crippen molar-refractivity contribution in [1.82, 2.24) is 5.32 Å². The number of carbonyl (C=O) groups is 2. The summed E-state index contributed by atoms with van der Waals surface area (Å²) in [7, 11) is -0.922. The second kappa shape index (κ2) is 7.45. The van der Waals surface area contributed by atoms with Crippen LogP contribution in [0.2, 0.25) is 0 Å². The number of imide groups is 1. The van der Waals surface area contributed by atoms with Gasteiger partial charge in [-0.15, -0.1) is 0 Å². The van der Waals surface area contributed by atoms with E-state index in [0.29, 0.717) is 21.5 Å². The monoisotopic (exact) mass is 394 g/mol. The topological polar surface area (TPSA) is 125 Å². The SMILES string of the molecule is COc1ccc(CS(=O)(=O)CC(=O)NC(N)=O)c(Br)c1OC. The van der Waals surface area contributed by atoms with Crippen molar-refractivity contribution < 1.29 is 27.5 Å². The van der Waals surface area contributed by atoms with Gasteiger partial charge in [-0.3, -0.25) is 10.1 Å². The Morgan fingerprint density at radius 2 is 1.91 bits per heavy atom. The van der Waals surface area contributed by atoms with Crippen molar-refractivity contribution in [3.63, 3.8) is 0 Å². The van der Waals surface area contributed by atoms with Crippen LogP contribution in [0, 0.1) is 0 Å². The molecule has 0 aliphatic carbocycles. The number of amides is 3. The number of rotatable bonds is 6. The summed E-state index contributed by atoms with van der Waals surface area (Å²) < 4.78 is 34.6. The maximum Gasteiger partial charge on any atom is 0.318 e. The number of hydrogen-bond donors (Lipinski definition) is 2. The van der Waals surface area contributed by atoms with Gasteiger partial charge >= 0.3 is 6.03 Å². The Kier molecular flexibility index (Phi) is 6.18. The van der Waals surface area contributed by atoms with E-state index >= 15 is 0 Å². The fourth-order valence-corrected chi connectivity index (χ4v) is 3.81. The molecule has 0 radical (unpaired) electrons. The molecule has 0 aliphatic heterocycles. The third kappa shape index (κ3) is 4.88. The molecule has 0 spiro atoms. The molecule has 22 heavy (non-hydrogen) atoms. The molecule has 0 aromatic heterocycles. The van der Waals surface area contributed by atoms with Crippen molar-refractivity contribution in [3.05, 3.63) is 22.2 Å². The third-order valence-corrected chi connectivity index (χ3v) is 4.88. The van der Waals surface area contributed by atoms with E-state index in [1.165, 1.54) is 20.3 Å². The van der Waals surface area contributed by atoms with Crippen LogP contribution in [0.15, 0.2) is 16.6 Å². The third-order valence-electron chi connectivity index (χ3n) is 2.55. The minimum atomic E-state index is -3.79. The number of carbonyl (C=O) groups excluding carboxylic acids is 2. The van der Waals surface area contributed by atoms with Gasteiger partial charge in [0, 0.05) is 0 Å². The van der Waals surface area contributed by atoms with Crippen molar-refractivity contribution in [3.8, 4) is 11.5 Å². The van der Waals surface area contributed by atoms with Crippen LogP contribution < -0.4 is 20.5 Å². The molecule has 0 heterocycles. The second-order valence-electron chi connectivity index (χ2n) is 4.22. The molecule has 122 valence electrons. The van der Waals surface area contributed by atoms with E-state index in [2.05, 4.69) is 15.9 Å². The highest BCUT2D eigenvalue weighted by Crippen LogP contribution is 2.38. The Bertz CT molecular complexity index is 689. The van der Waals surface area contributed by atoms with Crippen molar-refractivity contribution in [2.24, 2.45) is 5.73 Å². The number of methoxy groups -OCH3 is 2. The summed E-state index contributed by atoms with van der Waals surface area (Å²) in [4.78, 5) is 21.8. The first-order valence-electron chi connectivity index (χ1n) is 5.89. The predicted molar refractivity (Wildman–Crippen MR) is 82.5 cm³/mol. The summed E-state index contributed by atoms with van der Waals surface area (Å²) >= 11 is 3.25. The lowest BCUT2D eigenvalue weighted by Gasteiger charge is -2.13. The van der Waals surface area contributed by atoms with Gasteiger partial charge in [0.15, 0.2) is 21.3 Å². The summed E-state index contributed by atoms with van der Waals surface area (Å²) in [6, 6.07) is 1.99. The summed E-state index contributed by atoms with van der Waals surface area (Å²) in [5.41, 5.74) is 5.15. The van der Waals surface area contributed by atoms with E-state index in [-0.39, 0.29) is 0 Å². The molecule has 0 aliphatic rings. The van der Waals surface area contributed by atoms with Crippen LogP contribution in [-0.2, 0) is 20.4 Å². The molecule has 1 aromatic carbocycles. The zero-order chi connectivity index (χ0) is 16.9. The van der Waals surface area contributed by atoms with E-state index in [1.54, 1.807) is 11.4 Å². The Morgan fingerprint density at radius 1 is 1.27 bits per heavy atom. The number of urea groups is 1. The normalized spacial score (nSPS) is 10.9. The maximum absolute atomic E-state index is 12.0. The van der Waals surface area contributed by atoms with Crippen LogP contribution in [0.5, 0.6) is 11.5 Å². The highest BCUT2D eigenvalue weighted by Gasteiger charge is 2.22. The quantitative estimate of drug-likeness (QED) is 0.726. The van der Waals surface area contributed by atoms with E-state index in [0.717, 1.165) is 0 Å². The summed E-state index contributed by atoms with van der Waals surface area (Å²) in [5.74, 6) is -1.47. The molecule has 0 unspecified atom stereocenters. The predicted octanol–water partition coefficient (Wildman–Crippen LogP) is 0.576. The molecule has 0 bridgehead atoms. The number of hydrogen-bond acceptors (Lipinski definition) is 6. The second-order valence-corrected chi connectivity index (χ2v) is 7.08. The molecule has 8 nitrogen and oxygen atoms in total. The molecule has 1 aromatic rings. The van der Waals surface area contributed by atoms with Gasteiger partial charge in [0.2, 0.25) is 5.91 Å². The Labute approximate surface area is 136 Å². The molecule has 3 N–H and O–H groups in total. The average molecular weight is 395 g/mol. The fourth-order valence-electron chi connectivity index (χ4n) is 1.70. The standard InChI is InChI=1S/C12H15BrN2O6S/c1-20-8-4-3-7(10(13)11(8)21-2)5-22(18,19)6-9(16)15-12(14)17/h3-4H,5-6H2,1-2H3,(H3,14,15,16,17). The molecular weight excluding hydrogens is 380 g/mol. The van der Waals surface area contributed by atoms with Crippen LogP contribution in [-0.4, -0.2) is 40.3 Å². The molecule has 3 amide bonds. The van der Waals surface area contributed by atoms with Gasteiger partial charge in [-0.05, 0) is 27.6 Å². The molecule has 0 atom stereocenters. The largest absolute Gasteiger partial charge is 0.493 e. The van der Waals surface area contributed by atoms with Gasteiger partial charge in [0.1, 0.15) is 5.75 Å². The first kappa shape index (κ1) is 18.2. The Hall–Kier alpha value is -1.81. The van der Waals surface area contributed by atoms with Crippen LogP contribution in [0.3, 0.4) is 0 Å². The van der Waals surface area contributed by atoms with Crippen LogP contribution in [0.25, 0.3) is 0 Å². The van der Waals surface area contributed by atoms with Gasteiger partial charge in [-0.1, -0.05) is 6.07 Å². The Morgan fingerprint density at radius 3 is 2.41 bits per heavy atom. The van der Waals surface area contributed by atoms with E-state index in [4.69, 9.17) is 15.2 Å².